The van der Waals surface area contributed by atoms with Crippen LogP contribution >= 0.6 is 0 Å². The number of nitrogens with zero attached hydrogens (tertiary/aromatic N) is 3. The molecule has 0 spiro atoms. The monoisotopic (exact) mass is 288 g/mol. The van der Waals surface area contributed by atoms with Gasteiger partial charge in [0.15, 0.2) is 0 Å². The summed E-state index contributed by atoms with van der Waals surface area (Å²) in [6.07, 6.45) is 0.962. The average molecular weight is 288 g/mol. The van der Waals surface area contributed by atoms with E-state index in [0.29, 0.717) is 11.9 Å². The van der Waals surface area contributed by atoms with Gasteiger partial charge in [0, 0.05) is 6.54 Å². The number of nitrogen functional groups attached to an aromatic ring is 1. The highest BCUT2D eigenvalue weighted by Crippen LogP contribution is 2.18. The summed E-state index contributed by atoms with van der Waals surface area (Å²) in [5.74, 6) is 6.47. The molecule has 2 aromatic rings. The molecule has 2 rings (SSSR count). The zero-order valence-corrected chi connectivity index (χ0v) is 12.2. The third-order valence-electron chi connectivity index (χ3n) is 3.16. The van der Waals surface area contributed by atoms with Crippen molar-refractivity contribution in [2.45, 2.75) is 19.3 Å². The topological polar surface area (TPSA) is 98.0 Å². The fourth-order valence-electron chi connectivity index (χ4n) is 1.94. The van der Waals surface area contributed by atoms with Gasteiger partial charge in [0.05, 0.1) is 7.11 Å². The van der Waals surface area contributed by atoms with E-state index < -0.39 is 0 Å². The molecule has 0 saturated carbocycles. The van der Waals surface area contributed by atoms with E-state index >= 15 is 0 Å². The highest BCUT2D eigenvalue weighted by molar-refractivity contribution is 5.34. The number of anilines is 2. The van der Waals surface area contributed by atoms with Crippen LogP contribution in [0.3, 0.4) is 0 Å². The fourth-order valence-corrected chi connectivity index (χ4v) is 1.94. The summed E-state index contributed by atoms with van der Waals surface area (Å²) in [6.45, 7) is 2.94. The van der Waals surface area contributed by atoms with Gasteiger partial charge in [0.1, 0.15) is 0 Å². The van der Waals surface area contributed by atoms with Gasteiger partial charge >= 0.3 is 6.01 Å². The van der Waals surface area contributed by atoms with E-state index in [2.05, 4.69) is 56.9 Å². The molecule has 1 heterocycles. The lowest BCUT2D eigenvalue weighted by Gasteiger charge is -2.12. The molecule has 1 aromatic heterocycles. The van der Waals surface area contributed by atoms with Crippen LogP contribution in [-0.2, 0) is 0 Å². The van der Waals surface area contributed by atoms with E-state index in [9.17, 15) is 0 Å². The van der Waals surface area contributed by atoms with Gasteiger partial charge in [-0.2, -0.15) is 15.0 Å². The first kappa shape index (κ1) is 15.0. The molecular formula is C14H20N6O. The molecule has 0 aliphatic rings. The molecule has 21 heavy (non-hydrogen) atoms. The molecule has 7 heteroatoms. The Morgan fingerprint density at radius 1 is 1.14 bits per heavy atom. The second-order valence-corrected chi connectivity index (χ2v) is 4.64. The molecule has 0 amide bonds. The normalized spacial score (nSPS) is 11.8. The fraction of sp³-hybridized carbons (Fsp3) is 0.357. The van der Waals surface area contributed by atoms with Crippen LogP contribution in [0.1, 0.15) is 24.8 Å². The smallest absolute Gasteiger partial charge is 0.322 e. The number of aromatic nitrogens is 3. The Kier molecular flexibility index (Phi) is 5.28. The summed E-state index contributed by atoms with van der Waals surface area (Å²) >= 11 is 0. The molecule has 0 fully saturated rings. The van der Waals surface area contributed by atoms with Crippen LogP contribution in [0.5, 0.6) is 6.01 Å². The number of rotatable bonds is 7. The summed E-state index contributed by atoms with van der Waals surface area (Å²) < 4.78 is 5.00. The van der Waals surface area contributed by atoms with Crippen molar-refractivity contribution < 1.29 is 4.74 Å². The first-order valence-corrected chi connectivity index (χ1v) is 6.78. The van der Waals surface area contributed by atoms with Gasteiger partial charge in [0.25, 0.3) is 0 Å². The van der Waals surface area contributed by atoms with Gasteiger partial charge in [-0.25, -0.2) is 5.84 Å². The predicted molar refractivity (Wildman–Crippen MR) is 82.2 cm³/mol. The van der Waals surface area contributed by atoms with E-state index in [1.807, 2.05) is 6.07 Å². The van der Waals surface area contributed by atoms with Crippen LogP contribution in [0, 0.1) is 0 Å². The zero-order valence-electron chi connectivity index (χ0n) is 12.2. The van der Waals surface area contributed by atoms with E-state index in [1.54, 1.807) is 0 Å². The molecule has 7 nitrogen and oxygen atoms in total. The largest absolute Gasteiger partial charge is 0.467 e. The molecule has 1 unspecified atom stereocenters. The first-order valence-electron chi connectivity index (χ1n) is 6.78. The van der Waals surface area contributed by atoms with Crippen LogP contribution in [0.2, 0.25) is 0 Å². The molecule has 1 aromatic carbocycles. The highest BCUT2D eigenvalue weighted by Gasteiger charge is 2.07. The third-order valence-corrected chi connectivity index (χ3v) is 3.16. The van der Waals surface area contributed by atoms with Crippen molar-refractivity contribution in [1.29, 1.82) is 0 Å². The van der Waals surface area contributed by atoms with Gasteiger partial charge in [-0.3, -0.25) is 5.43 Å². The Morgan fingerprint density at radius 3 is 2.52 bits per heavy atom. The highest BCUT2D eigenvalue weighted by atomic mass is 16.5. The molecular weight excluding hydrogens is 268 g/mol. The van der Waals surface area contributed by atoms with Crippen LogP contribution in [-0.4, -0.2) is 28.6 Å². The Hall–Kier alpha value is -2.41. The Bertz CT molecular complexity index is 540. The first-order chi connectivity index (χ1) is 10.2. The van der Waals surface area contributed by atoms with Crippen LogP contribution in [0.15, 0.2) is 30.3 Å². The molecule has 112 valence electrons. The van der Waals surface area contributed by atoms with Crippen molar-refractivity contribution in [1.82, 2.24) is 15.0 Å². The van der Waals surface area contributed by atoms with Crippen molar-refractivity contribution in [2.75, 3.05) is 24.4 Å². The summed E-state index contributed by atoms with van der Waals surface area (Å²) in [7, 11) is 1.50. The SMILES string of the molecule is COc1nc(NN)nc(NCCC(C)c2ccccc2)n1. The van der Waals surface area contributed by atoms with Crippen molar-refractivity contribution in [3.8, 4) is 6.01 Å². The minimum Gasteiger partial charge on any atom is -0.467 e. The lowest BCUT2D eigenvalue weighted by atomic mass is 9.98. The minimum atomic E-state index is 0.219. The Balaban J connectivity index is 1.91. The Morgan fingerprint density at radius 2 is 1.86 bits per heavy atom. The van der Waals surface area contributed by atoms with E-state index in [-0.39, 0.29) is 12.0 Å². The number of methoxy groups -OCH3 is 1. The average Bonchev–Trinajstić information content (AvgIpc) is 2.55. The zero-order chi connectivity index (χ0) is 15.1. The summed E-state index contributed by atoms with van der Waals surface area (Å²) in [6, 6.07) is 10.6. The lowest BCUT2D eigenvalue weighted by Crippen LogP contribution is -2.15. The number of hydrogen-bond donors (Lipinski definition) is 3. The predicted octanol–water partition coefficient (Wildman–Crippen LogP) is 1.77. The molecule has 0 saturated heterocycles. The molecule has 0 radical (unpaired) electrons. The van der Waals surface area contributed by atoms with Crippen molar-refractivity contribution >= 4 is 11.9 Å². The van der Waals surface area contributed by atoms with E-state index in [0.717, 1.165) is 13.0 Å². The number of nitrogens with one attached hydrogen (secondary N) is 2. The number of hydrazine groups is 1. The second kappa shape index (κ2) is 7.39. The van der Waals surface area contributed by atoms with Crippen molar-refractivity contribution in [3.63, 3.8) is 0 Å². The van der Waals surface area contributed by atoms with Crippen molar-refractivity contribution in [3.05, 3.63) is 35.9 Å². The number of nitrogens with two attached hydrogens (primary N) is 1. The maximum Gasteiger partial charge on any atom is 0.322 e. The number of ether oxygens (including phenoxy) is 1. The summed E-state index contributed by atoms with van der Waals surface area (Å²) in [5, 5.41) is 3.16. The molecule has 0 bridgehead atoms. The summed E-state index contributed by atoms with van der Waals surface area (Å²) in [4.78, 5) is 12.2. The minimum absolute atomic E-state index is 0.219. The second-order valence-electron chi connectivity index (χ2n) is 4.64. The molecule has 4 N–H and O–H groups in total. The number of benzene rings is 1. The number of hydrogen-bond acceptors (Lipinski definition) is 7. The maximum atomic E-state index is 5.31. The van der Waals surface area contributed by atoms with Gasteiger partial charge < -0.3 is 10.1 Å². The van der Waals surface area contributed by atoms with Gasteiger partial charge in [-0.1, -0.05) is 37.3 Å². The Labute approximate surface area is 123 Å². The van der Waals surface area contributed by atoms with Crippen molar-refractivity contribution in [2.24, 2.45) is 5.84 Å². The van der Waals surface area contributed by atoms with Crippen LogP contribution in [0.4, 0.5) is 11.9 Å². The lowest BCUT2D eigenvalue weighted by molar-refractivity contribution is 0.379. The van der Waals surface area contributed by atoms with Crippen LogP contribution < -0.4 is 21.3 Å². The van der Waals surface area contributed by atoms with E-state index in [1.165, 1.54) is 12.7 Å². The van der Waals surface area contributed by atoms with E-state index in [4.69, 9.17) is 10.6 Å². The summed E-state index contributed by atoms with van der Waals surface area (Å²) in [5.41, 5.74) is 3.70. The standard InChI is InChI=1S/C14H20N6O/c1-10(11-6-4-3-5-7-11)8-9-16-12-17-13(20-15)19-14(18-12)21-2/h3-7,10H,8-9,15H2,1-2H3,(H2,16,17,18,19,20). The van der Waals surface area contributed by atoms with Gasteiger partial charge in [-0.15, -0.1) is 0 Å². The third kappa shape index (κ3) is 4.28. The quantitative estimate of drug-likeness (QED) is 0.527. The molecule has 0 aliphatic heterocycles. The van der Waals surface area contributed by atoms with Gasteiger partial charge in [-0.05, 0) is 17.9 Å². The van der Waals surface area contributed by atoms with Crippen LogP contribution in [0.25, 0.3) is 0 Å². The molecule has 1 atom stereocenters. The molecule has 0 aliphatic carbocycles. The van der Waals surface area contributed by atoms with Gasteiger partial charge in [0.2, 0.25) is 11.9 Å². The maximum absolute atomic E-state index is 5.31.